The average molecular weight is 223 g/mol. The van der Waals surface area contributed by atoms with Crippen molar-refractivity contribution < 1.29 is 8.42 Å². The Morgan fingerprint density at radius 3 is 2.29 bits per heavy atom. The zero-order valence-electron chi connectivity index (χ0n) is 9.32. The number of nitrogens with zero attached hydrogens (tertiary/aromatic N) is 1. The standard InChI is InChI=1S/C8H21N3O2S/c1-5-8(9)6-10-14(12,13)11(4)7(2)3/h7-8,10H,5-6,9H2,1-4H3. The van der Waals surface area contributed by atoms with E-state index >= 15 is 0 Å². The van der Waals surface area contributed by atoms with Crippen LogP contribution in [0.1, 0.15) is 27.2 Å². The molecule has 0 aliphatic heterocycles. The van der Waals surface area contributed by atoms with Crippen molar-refractivity contribution in [2.45, 2.75) is 39.3 Å². The summed E-state index contributed by atoms with van der Waals surface area (Å²) in [5.74, 6) is 0. The molecule has 0 amide bonds. The molecule has 0 spiro atoms. The summed E-state index contributed by atoms with van der Waals surface area (Å²) < 4.78 is 26.9. The van der Waals surface area contributed by atoms with Gasteiger partial charge in [-0.1, -0.05) is 6.92 Å². The molecule has 0 fully saturated rings. The van der Waals surface area contributed by atoms with E-state index in [0.717, 1.165) is 6.42 Å². The van der Waals surface area contributed by atoms with Crippen molar-refractivity contribution in [1.82, 2.24) is 9.03 Å². The molecule has 0 radical (unpaired) electrons. The van der Waals surface area contributed by atoms with E-state index in [4.69, 9.17) is 5.73 Å². The van der Waals surface area contributed by atoms with Crippen molar-refractivity contribution in [1.29, 1.82) is 0 Å². The maximum absolute atomic E-state index is 11.6. The molecule has 1 atom stereocenters. The highest BCUT2D eigenvalue weighted by atomic mass is 32.2. The fraction of sp³-hybridized carbons (Fsp3) is 1.00. The van der Waals surface area contributed by atoms with Crippen LogP contribution in [-0.2, 0) is 10.2 Å². The molecule has 0 aromatic rings. The second-order valence-electron chi connectivity index (χ2n) is 3.63. The maximum atomic E-state index is 11.6. The van der Waals surface area contributed by atoms with E-state index < -0.39 is 10.2 Å². The van der Waals surface area contributed by atoms with E-state index in [2.05, 4.69) is 4.72 Å². The summed E-state index contributed by atoms with van der Waals surface area (Å²) in [6.07, 6.45) is 0.758. The Bertz CT molecular complexity index is 251. The first kappa shape index (κ1) is 13.8. The minimum atomic E-state index is -3.36. The van der Waals surface area contributed by atoms with Gasteiger partial charge in [-0.3, -0.25) is 0 Å². The summed E-state index contributed by atoms with van der Waals surface area (Å²) in [6.45, 7) is 5.85. The second-order valence-corrected chi connectivity index (χ2v) is 5.45. The van der Waals surface area contributed by atoms with Crippen LogP contribution < -0.4 is 10.5 Å². The third-order valence-corrected chi connectivity index (χ3v) is 3.87. The highest BCUT2D eigenvalue weighted by molar-refractivity contribution is 7.87. The van der Waals surface area contributed by atoms with Crippen LogP contribution in [0, 0.1) is 0 Å². The van der Waals surface area contributed by atoms with E-state index in [1.807, 2.05) is 20.8 Å². The molecule has 0 rings (SSSR count). The van der Waals surface area contributed by atoms with Crippen LogP contribution in [0.4, 0.5) is 0 Å². The van der Waals surface area contributed by atoms with Gasteiger partial charge in [0.1, 0.15) is 0 Å². The first-order valence-corrected chi connectivity index (χ1v) is 6.23. The topological polar surface area (TPSA) is 75.4 Å². The van der Waals surface area contributed by atoms with Crippen LogP contribution in [0.5, 0.6) is 0 Å². The van der Waals surface area contributed by atoms with Crippen molar-refractivity contribution in [3.63, 3.8) is 0 Å². The third-order valence-electron chi connectivity index (χ3n) is 2.16. The van der Waals surface area contributed by atoms with Crippen molar-refractivity contribution in [3.05, 3.63) is 0 Å². The number of nitrogens with one attached hydrogen (secondary N) is 1. The maximum Gasteiger partial charge on any atom is 0.279 e. The van der Waals surface area contributed by atoms with Crippen LogP contribution in [-0.4, -0.2) is 38.4 Å². The lowest BCUT2D eigenvalue weighted by Crippen LogP contribution is -2.45. The highest BCUT2D eigenvalue weighted by Gasteiger charge is 2.20. The van der Waals surface area contributed by atoms with Gasteiger partial charge in [-0.25, -0.2) is 4.72 Å². The van der Waals surface area contributed by atoms with E-state index in [0.29, 0.717) is 0 Å². The first-order valence-electron chi connectivity index (χ1n) is 4.79. The van der Waals surface area contributed by atoms with Gasteiger partial charge in [0.05, 0.1) is 0 Å². The monoisotopic (exact) mass is 223 g/mol. The van der Waals surface area contributed by atoms with E-state index in [-0.39, 0.29) is 18.6 Å². The van der Waals surface area contributed by atoms with Crippen LogP contribution >= 0.6 is 0 Å². The summed E-state index contributed by atoms with van der Waals surface area (Å²) in [7, 11) is -1.82. The molecule has 1 unspecified atom stereocenters. The Morgan fingerprint density at radius 1 is 1.43 bits per heavy atom. The van der Waals surface area contributed by atoms with Crippen LogP contribution in [0.3, 0.4) is 0 Å². The first-order chi connectivity index (χ1) is 6.31. The molecule has 0 heterocycles. The van der Waals surface area contributed by atoms with E-state index in [1.54, 1.807) is 7.05 Å². The van der Waals surface area contributed by atoms with E-state index in [9.17, 15) is 8.42 Å². The molecule has 5 nitrogen and oxygen atoms in total. The van der Waals surface area contributed by atoms with Gasteiger partial charge < -0.3 is 5.73 Å². The van der Waals surface area contributed by atoms with Gasteiger partial charge in [-0.05, 0) is 20.3 Å². The van der Waals surface area contributed by atoms with Crippen LogP contribution in [0.2, 0.25) is 0 Å². The van der Waals surface area contributed by atoms with Gasteiger partial charge in [0, 0.05) is 25.7 Å². The lowest BCUT2D eigenvalue weighted by molar-refractivity contribution is 0.400. The zero-order chi connectivity index (χ0) is 11.4. The van der Waals surface area contributed by atoms with Crippen LogP contribution in [0.15, 0.2) is 0 Å². The molecule has 3 N–H and O–H groups in total. The summed E-state index contributed by atoms with van der Waals surface area (Å²) in [5, 5.41) is 0. The largest absolute Gasteiger partial charge is 0.327 e. The van der Waals surface area contributed by atoms with Crippen molar-refractivity contribution >= 4 is 10.2 Å². The second kappa shape index (κ2) is 5.65. The summed E-state index contributed by atoms with van der Waals surface area (Å²) >= 11 is 0. The number of hydrogen-bond acceptors (Lipinski definition) is 3. The lowest BCUT2D eigenvalue weighted by atomic mass is 10.2. The normalized spacial score (nSPS) is 15.1. The van der Waals surface area contributed by atoms with Crippen molar-refractivity contribution in [2.24, 2.45) is 5.73 Å². The van der Waals surface area contributed by atoms with Crippen LogP contribution in [0.25, 0.3) is 0 Å². The molecule has 0 aromatic heterocycles. The van der Waals surface area contributed by atoms with Crippen molar-refractivity contribution in [3.8, 4) is 0 Å². The molecule has 0 saturated carbocycles. The Kier molecular flexibility index (Phi) is 5.58. The Balaban J connectivity index is 4.22. The van der Waals surface area contributed by atoms with Gasteiger partial charge in [0.2, 0.25) is 0 Å². The van der Waals surface area contributed by atoms with Gasteiger partial charge in [-0.15, -0.1) is 0 Å². The predicted molar refractivity (Wildman–Crippen MR) is 58.1 cm³/mol. The molecule has 0 aromatic carbocycles. The fourth-order valence-corrected chi connectivity index (χ4v) is 1.92. The molecule has 86 valence electrons. The number of hydrogen-bond donors (Lipinski definition) is 2. The summed E-state index contributed by atoms with van der Waals surface area (Å²) in [4.78, 5) is 0. The summed E-state index contributed by atoms with van der Waals surface area (Å²) in [6, 6.07) is -0.171. The minimum absolute atomic E-state index is 0.0506. The molecule has 0 bridgehead atoms. The average Bonchev–Trinajstić information content (AvgIpc) is 2.12. The molecule has 14 heavy (non-hydrogen) atoms. The minimum Gasteiger partial charge on any atom is -0.327 e. The quantitative estimate of drug-likeness (QED) is 0.660. The van der Waals surface area contributed by atoms with Crippen molar-refractivity contribution in [2.75, 3.05) is 13.6 Å². The molecule has 0 aliphatic carbocycles. The Hall–Kier alpha value is -0.170. The molecule has 0 aliphatic rings. The summed E-state index contributed by atoms with van der Waals surface area (Å²) in [5.41, 5.74) is 5.61. The smallest absolute Gasteiger partial charge is 0.279 e. The number of rotatable bonds is 6. The van der Waals surface area contributed by atoms with Gasteiger partial charge in [0.25, 0.3) is 10.2 Å². The fourth-order valence-electron chi connectivity index (χ4n) is 0.736. The van der Waals surface area contributed by atoms with E-state index in [1.165, 1.54) is 4.31 Å². The number of nitrogens with two attached hydrogens (primary N) is 1. The SMILES string of the molecule is CCC(N)CNS(=O)(=O)N(C)C(C)C. The predicted octanol–water partition coefficient (Wildman–Crippen LogP) is -0.102. The Morgan fingerprint density at radius 2 is 1.93 bits per heavy atom. The van der Waals surface area contributed by atoms with Gasteiger partial charge >= 0.3 is 0 Å². The van der Waals surface area contributed by atoms with Gasteiger partial charge in [0.15, 0.2) is 0 Å². The third kappa shape index (κ3) is 4.36. The van der Waals surface area contributed by atoms with Gasteiger partial charge in [-0.2, -0.15) is 12.7 Å². The lowest BCUT2D eigenvalue weighted by Gasteiger charge is -2.22. The highest BCUT2D eigenvalue weighted by Crippen LogP contribution is 2.00. The molecular formula is C8H21N3O2S. The Labute approximate surface area is 86.8 Å². The zero-order valence-corrected chi connectivity index (χ0v) is 10.1. The molecular weight excluding hydrogens is 202 g/mol. The molecule has 6 heteroatoms. The molecule has 0 saturated heterocycles.